The lowest BCUT2D eigenvalue weighted by atomic mass is 10.1. The van der Waals surface area contributed by atoms with Crippen molar-refractivity contribution >= 4 is 23.5 Å². The molecule has 0 spiro atoms. The van der Waals surface area contributed by atoms with Crippen LogP contribution < -0.4 is 10.1 Å². The zero-order chi connectivity index (χ0) is 12.8. The van der Waals surface area contributed by atoms with Gasteiger partial charge in [-0.05, 0) is 24.6 Å². The number of benzene rings is 1. The van der Waals surface area contributed by atoms with Crippen LogP contribution in [0.5, 0.6) is 5.75 Å². The zero-order valence-corrected chi connectivity index (χ0v) is 12.7. The SMILES string of the molecule is COc1cccc(C(C)NCC2CSCCS2)c1. The Morgan fingerprint density at radius 1 is 1.44 bits per heavy atom. The van der Waals surface area contributed by atoms with Crippen LogP contribution in [0.25, 0.3) is 0 Å². The predicted octanol–water partition coefficient (Wildman–Crippen LogP) is 3.19. The standard InChI is InChI=1S/C14H21NOS2/c1-11(12-4-3-5-13(8-12)16-2)15-9-14-10-17-6-7-18-14/h3-5,8,11,14-15H,6-7,9-10H2,1-2H3. The molecule has 4 heteroatoms. The molecule has 0 aromatic heterocycles. The van der Waals surface area contributed by atoms with Gasteiger partial charge in [0.25, 0.3) is 0 Å². The number of thioether (sulfide) groups is 2. The summed E-state index contributed by atoms with van der Waals surface area (Å²) < 4.78 is 5.26. The molecule has 0 bridgehead atoms. The first-order valence-corrected chi connectivity index (χ1v) is 8.56. The highest BCUT2D eigenvalue weighted by atomic mass is 32.2. The van der Waals surface area contributed by atoms with Gasteiger partial charge >= 0.3 is 0 Å². The van der Waals surface area contributed by atoms with Gasteiger partial charge in [0.15, 0.2) is 0 Å². The summed E-state index contributed by atoms with van der Waals surface area (Å²) in [5.41, 5.74) is 1.29. The molecule has 1 aliphatic rings. The van der Waals surface area contributed by atoms with E-state index in [1.807, 2.05) is 6.07 Å². The highest BCUT2D eigenvalue weighted by Crippen LogP contribution is 2.24. The Balaban J connectivity index is 1.84. The average Bonchev–Trinajstić information content (AvgIpc) is 2.46. The fourth-order valence-corrected chi connectivity index (χ4v) is 4.62. The lowest BCUT2D eigenvalue weighted by Crippen LogP contribution is -2.30. The van der Waals surface area contributed by atoms with Crippen LogP contribution in [0.3, 0.4) is 0 Å². The number of nitrogens with one attached hydrogen (secondary N) is 1. The maximum absolute atomic E-state index is 5.26. The molecule has 2 rings (SSSR count). The third kappa shape index (κ3) is 4.11. The highest BCUT2D eigenvalue weighted by molar-refractivity contribution is 8.06. The van der Waals surface area contributed by atoms with Crippen LogP contribution in [0.1, 0.15) is 18.5 Å². The Morgan fingerprint density at radius 2 is 2.33 bits per heavy atom. The Kier molecular flexibility index (Phi) is 5.73. The van der Waals surface area contributed by atoms with Crippen LogP contribution in [-0.2, 0) is 0 Å². The Bertz CT molecular complexity index is 367. The van der Waals surface area contributed by atoms with E-state index in [0.717, 1.165) is 17.5 Å². The van der Waals surface area contributed by atoms with E-state index in [-0.39, 0.29) is 0 Å². The summed E-state index contributed by atoms with van der Waals surface area (Å²) in [5, 5.41) is 4.39. The molecule has 0 amide bonds. The van der Waals surface area contributed by atoms with Crippen LogP contribution in [-0.4, -0.2) is 36.2 Å². The summed E-state index contributed by atoms with van der Waals surface area (Å²) in [7, 11) is 1.72. The molecule has 1 fully saturated rings. The summed E-state index contributed by atoms with van der Waals surface area (Å²) in [6.07, 6.45) is 0. The van der Waals surface area contributed by atoms with Crippen LogP contribution in [0.4, 0.5) is 0 Å². The molecular weight excluding hydrogens is 262 g/mol. The van der Waals surface area contributed by atoms with Crippen molar-refractivity contribution in [1.82, 2.24) is 5.32 Å². The maximum atomic E-state index is 5.26. The maximum Gasteiger partial charge on any atom is 0.119 e. The van der Waals surface area contributed by atoms with Crippen molar-refractivity contribution < 1.29 is 4.74 Å². The minimum atomic E-state index is 0.382. The van der Waals surface area contributed by atoms with Gasteiger partial charge in [-0.25, -0.2) is 0 Å². The fraction of sp³-hybridized carbons (Fsp3) is 0.571. The Morgan fingerprint density at radius 3 is 3.06 bits per heavy atom. The topological polar surface area (TPSA) is 21.3 Å². The summed E-state index contributed by atoms with van der Waals surface area (Å²) in [6, 6.07) is 8.69. The van der Waals surface area contributed by atoms with E-state index in [1.165, 1.54) is 22.8 Å². The second-order valence-corrected chi connectivity index (χ2v) is 7.03. The van der Waals surface area contributed by atoms with Crippen molar-refractivity contribution in [1.29, 1.82) is 0 Å². The van der Waals surface area contributed by atoms with Gasteiger partial charge in [-0.3, -0.25) is 0 Å². The summed E-state index contributed by atoms with van der Waals surface area (Å²) in [4.78, 5) is 0. The van der Waals surface area contributed by atoms with Gasteiger partial charge in [0.1, 0.15) is 5.75 Å². The molecule has 0 saturated carbocycles. The molecule has 0 aliphatic carbocycles. The van der Waals surface area contributed by atoms with Crippen LogP contribution in [0.15, 0.2) is 24.3 Å². The number of hydrogen-bond acceptors (Lipinski definition) is 4. The molecule has 1 saturated heterocycles. The lowest BCUT2D eigenvalue weighted by Gasteiger charge is -2.23. The quantitative estimate of drug-likeness (QED) is 0.895. The second kappa shape index (κ2) is 7.31. The van der Waals surface area contributed by atoms with Gasteiger partial charge in [-0.15, -0.1) is 0 Å². The van der Waals surface area contributed by atoms with E-state index < -0.39 is 0 Å². The number of hydrogen-bond donors (Lipinski definition) is 1. The van der Waals surface area contributed by atoms with Gasteiger partial charge < -0.3 is 10.1 Å². The Labute approximate surface area is 118 Å². The van der Waals surface area contributed by atoms with Gasteiger partial charge in [-0.2, -0.15) is 23.5 Å². The van der Waals surface area contributed by atoms with Crippen molar-refractivity contribution in [3.8, 4) is 5.75 Å². The molecule has 2 unspecified atom stereocenters. The first-order chi connectivity index (χ1) is 8.79. The highest BCUT2D eigenvalue weighted by Gasteiger charge is 2.15. The normalized spacial score (nSPS) is 21.6. The molecular formula is C14H21NOS2. The van der Waals surface area contributed by atoms with Gasteiger partial charge in [-0.1, -0.05) is 12.1 Å². The molecule has 100 valence electrons. The van der Waals surface area contributed by atoms with Crippen molar-refractivity contribution in [2.75, 3.05) is 30.9 Å². The number of methoxy groups -OCH3 is 1. The van der Waals surface area contributed by atoms with Crippen LogP contribution in [0, 0.1) is 0 Å². The summed E-state index contributed by atoms with van der Waals surface area (Å²) in [5.74, 6) is 4.82. The minimum Gasteiger partial charge on any atom is -0.497 e. The number of ether oxygens (including phenoxy) is 1. The lowest BCUT2D eigenvalue weighted by molar-refractivity contribution is 0.413. The van der Waals surface area contributed by atoms with Gasteiger partial charge in [0.05, 0.1) is 7.11 Å². The molecule has 2 atom stereocenters. The summed E-state index contributed by atoms with van der Waals surface area (Å²) >= 11 is 4.18. The fourth-order valence-electron chi connectivity index (χ4n) is 1.99. The van der Waals surface area contributed by atoms with Crippen molar-refractivity contribution in [3.05, 3.63) is 29.8 Å². The smallest absolute Gasteiger partial charge is 0.119 e. The number of rotatable bonds is 5. The monoisotopic (exact) mass is 283 g/mol. The first-order valence-electron chi connectivity index (χ1n) is 6.36. The van der Waals surface area contributed by atoms with Crippen molar-refractivity contribution in [2.45, 2.75) is 18.2 Å². The largest absolute Gasteiger partial charge is 0.497 e. The van der Waals surface area contributed by atoms with Crippen LogP contribution in [0.2, 0.25) is 0 Å². The molecule has 1 aromatic rings. The molecule has 1 heterocycles. The van der Waals surface area contributed by atoms with Gasteiger partial charge in [0.2, 0.25) is 0 Å². The van der Waals surface area contributed by atoms with Crippen molar-refractivity contribution in [2.24, 2.45) is 0 Å². The zero-order valence-electron chi connectivity index (χ0n) is 11.0. The molecule has 18 heavy (non-hydrogen) atoms. The van der Waals surface area contributed by atoms with Crippen molar-refractivity contribution in [3.63, 3.8) is 0 Å². The second-order valence-electron chi connectivity index (χ2n) is 4.47. The van der Waals surface area contributed by atoms with E-state index in [9.17, 15) is 0 Å². The Hall–Kier alpha value is -0.320. The minimum absolute atomic E-state index is 0.382. The molecule has 1 N–H and O–H groups in total. The molecule has 0 radical (unpaired) electrons. The predicted molar refractivity (Wildman–Crippen MR) is 83.0 cm³/mol. The third-order valence-electron chi connectivity index (χ3n) is 3.13. The van der Waals surface area contributed by atoms with E-state index >= 15 is 0 Å². The van der Waals surface area contributed by atoms with E-state index in [1.54, 1.807) is 7.11 Å². The average molecular weight is 283 g/mol. The van der Waals surface area contributed by atoms with Crippen LogP contribution >= 0.6 is 23.5 Å². The molecule has 2 nitrogen and oxygen atoms in total. The first kappa shape index (κ1) is 14.1. The molecule has 1 aliphatic heterocycles. The van der Waals surface area contributed by atoms with E-state index in [0.29, 0.717) is 6.04 Å². The van der Waals surface area contributed by atoms with E-state index in [4.69, 9.17) is 4.74 Å². The van der Waals surface area contributed by atoms with E-state index in [2.05, 4.69) is 54.0 Å². The molecule has 1 aromatic carbocycles. The van der Waals surface area contributed by atoms with Gasteiger partial charge in [0, 0.05) is 35.1 Å². The summed E-state index contributed by atoms with van der Waals surface area (Å²) in [6.45, 7) is 3.31. The third-order valence-corrected chi connectivity index (χ3v) is 5.98.